The fourth-order valence-corrected chi connectivity index (χ4v) is 2.59. The van der Waals surface area contributed by atoms with Gasteiger partial charge in [-0.25, -0.2) is 0 Å². The quantitative estimate of drug-likeness (QED) is 0.839. The minimum atomic E-state index is -0.240. The molecule has 0 radical (unpaired) electrons. The Bertz CT molecular complexity index is 569. The van der Waals surface area contributed by atoms with Crippen molar-refractivity contribution in [3.63, 3.8) is 0 Å². The van der Waals surface area contributed by atoms with Crippen LogP contribution in [0.4, 0.5) is 0 Å². The van der Waals surface area contributed by atoms with Gasteiger partial charge < -0.3 is 19.4 Å². The highest BCUT2D eigenvalue weighted by molar-refractivity contribution is 5.91. The standard InChI is InChI=1S/C17H24N2O4/c1-12-4-5-15(23-12)6-7-16(20)18-9-8-17(21)19-10-13(2)22-14(3)11-19/h4-7,13-14H,8-11H2,1-3H3,(H,18,20)/b7-6-/t13-,14-/m0/s1. The van der Waals surface area contributed by atoms with Gasteiger partial charge in [0, 0.05) is 32.1 Å². The van der Waals surface area contributed by atoms with Crippen LogP contribution in [-0.2, 0) is 14.3 Å². The zero-order valence-electron chi connectivity index (χ0n) is 13.9. The summed E-state index contributed by atoms with van der Waals surface area (Å²) < 4.78 is 10.9. The molecule has 2 atom stereocenters. The van der Waals surface area contributed by atoms with Gasteiger partial charge in [-0.1, -0.05) is 0 Å². The van der Waals surface area contributed by atoms with Crippen LogP contribution in [0.3, 0.4) is 0 Å². The zero-order chi connectivity index (χ0) is 16.8. The lowest BCUT2D eigenvalue weighted by atomic mass is 10.2. The summed E-state index contributed by atoms with van der Waals surface area (Å²) >= 11 is 0. The molecule has 23 heavy (non-hydrogen) atoms. The summed E-state index contributed by atoms with van der Waals surface area (Å²) in [5, 5.41) is 2.71. The van der Waals surface area contributed by atoms with Crippen LogP contribution in [0.2, 0.25) is 0 Å². The van der Waals surface area contributed by atoms with E-state index in [1.807, 2.05) is 26.8 Å². The van der Waals surface area contributed by atoms with Crippen molar-refractivity contribution in [1.29, 1.82) is 0 Å². The number of rotatable bonds is 5. The molecule has 6 heteroatoms. The minimum Gasteiger partial charge on any atom is -0.462 e. The van der Waals surface area contributed by atoms with Gasteiger partial charge in [-0.3, -0.25) is 9.59 Å². The number of ether oxygens (including phenoxy) is 1. The normalized spacial score (nSPS) is 21.6. The second-order valence-corrected chi connectivity index (χ2v) is 5.88. The van der Waals surface area contributed by atoms with Crippen molar-refractivity contribution >= 4 is 17.9 Å². The third-order valence-electron chi connectivity index (χ3n) is 3.57. The van der Waals surface area contributed by atoms with Gasteiger partial charge in [0.2, 0.25) is 11.8 Å². The molecule has 2 amide bonds. The van der Waals surface area contributed by atoms with Crippen molar-refractivity contribution in [3.05, 3.63) is 29.7 Å². The highest BCUT2D eigenvalue weighted by Gasteiger charge is 2.25. The van der Waals surface area contributed by atoms with Crippen molar-refractivity contribution < 1.29 is 18.7 Å². The molecule has 1 aromatic rings. The number of hydrogen-bond donors (Lipinski definition) is 1. The van der Waals surface area contributed by atoms with E-state index in [2.05, 4.69) is 5.32 Å². The average Bonchev–Trinajstić information content (AvgIpc) is 2.89. The first-order valence-corrected chi connectivity index (χ1v) is 7.89. The Balaban J connectivity index is 1.70. The first-order valence-electron chi connectivity index (χ1n) is 7.89. The molecule has 1 aromatic heterocycles. The molecule has 2 rings (SSSR count). The molecule has 0 aromatic carbocycles. The molecule has 0 spiro atoms. The number of nitrogens with zero attached hydrogens (tertiary/aromatic N) is 1. The van der Waals surface area contributed by atoms with Crippen molar-refractivity contribution in [1.82, 2.24) is 10.2 Å². The molecule has 0 saturated carbocycles. The largest absolute Gasteiger partial charge is 0.462 e. The van der Waals surface area contributed by atoms with Gasteiger partial charge in [-0.15, -0.1) is 0 Å². The van der Waals surface area contributed by atoms with E-state index in [-0.39, 0.29) is 24.0 Å². The zero-order valence-corrected chi connectivity index (χ0v) is 13.9. The maximum Gasteiger partial charge on any atom is 0.244 e. The van der Waals surface area contributed by atoms with Crippen LogP contribution in [0.25, 0.3) is 6.08 Å². The van der Waals surface area contributed by atoms with Crippen molar-refractivity contribution in [3.8, 4) is 0 Å². The Kier molecular flexibility index (Phi) is 5.98. The molecule has 1 saturated heterocycles. The van der Waals surface area contributed by atoms with Crippen molar-refractivity contribution in [2.45, 2.75) is 39.4 Å². The molecule has 0 bridgehead atoms. The van der Waals surface area contributed by atoms with E-state index in [1.165, 1.54) is 6.08 Å². The molecular formula is C17H24N2O4. The van der Waals surface area contributed by atoms with E-state index < -0.39 is 0 Å². The summed E-state index contributed by atoms with van der Waals surface area (Å²) in [5.41, 5.74) is 0. The fraction of sp³-hybridized carbons (Fsp3) is 0.529. The van der Waals surface area contributed by atoms with E-state index in [0.29, 0.717) is 31.8 Å². The summed E-state index contributed by atoms with van der Waals surface area (Å²) in [6, 6.07) is 3.63. The monoisotopic (exact) mass is 320 g/mol. The van der Waals surface area contributed by atoms with Crippen LogP contribution in [0.1, 0.15) is 31.8 Å². The van der Waals surface area contributed by atoms with Gasteiger partial charge in [0.15, 0.2) is 0 Å². The summed E-state index contributed by atoms with van der Waals surface area (Å²) in [6.07, 6.45) is 3.41. The number of nitrogens with one attached hydrogen (secondary N) is 1. The van der Waals surface area contributed by atoms with E-state index >= 15 is 0 Å². The molecular weight excluding hydrogens is 296 g/mol. The minimum absolute atomic E-state index is 0.0398. The summed E-state index contributed by atoms with van der Waals surface area (Å²) in [6.45, 7) is 7.29. The number of furan rings is 1. The van der Waals surface area contributed by atoms with Gasteiger partial charge in [0.25, 0.3) is 0 Å². The van der Waals surface area contributed by atoms with Gasteiger partial charge in [0.1, 0.15) is 11.5 Å². The van der Waals surface area contributed by atoms with Gasteiger partial charge in [-0.05, 0) is 39.0 Å². The fourth-order valence-electron chi connectivity index (χ4n) is 2.59. The number of hydrogen-bond acceptors (Lipinski definition) is 4. The predicted molar refractivity (Wildman–Crippen MR) is 86.7 cm³/mol. The molecule has 1 aliphatic rings. The number of amides is 2. The van der Waals surface area contributed by atoms with E-state index in [1.54, 1.807) is 17.0 Å². The topological polar surface area (TPSA) is 71.8 Å². The maximum absolute atomic E-state index is 12.1. The number of morpholine rings is 1. The number of carbonyl (C=O) groups is 2. The van der Waals surface area contributed by atoms with Crippen LogP contribution in [0.15, 0.2) is 22.6 Å². The average molecular weight is 320 g/mol. The Labute approximate surface area is 136 Å². The molecule has 1 N–H and O–H groups in total. The lowest BCUT2D eigenvalue weighted by Gasteiger charge is -2.35. The molecule has 6 nitrogen and oxygen atoms in total. The lowest BCUT2D eigenvalue weighted by molar-refractivity contribution is -0.143. The second-order valence-electron chi connectivity index (χ2n) is 5.88. The van der Waals surface area contributed by atoms with E-state index in [4.69, 9.17) is 9.15 Å². The van der Waals surface area contributed by atoms with E-state index in [9.17, 15) is 9.59 Å². The molecule has 126 valence electrons. The predicted octanol–water partition coefficient (Wildman–Crippen LogP) is 1.74. The first kappa shape index (κ1) is 17.3. The maximum atomic E-state index is 12.1. The Morgan fingerprint density at radius 2 is 2.00 bits per heavy atom. The Morgan fingerprint density at radius 3 is 2.61 bits per heavy atom. The smallest absolute Gasteiger partial charge is 0.244 e. The summed E-state index contributed by atoms with van der Waals surface area (Å²) in [7, 11) is 0. The highest BCUT2D eigenvalue weighted by atomic mass is 16.5. The molecule has 2 heterocycles. The third kappa shape index (κ3) is 5.56. The van der Waals surface area contributed by atoms with Crippen LogP contribution < -0.4 is 5.32 Å². The Hall–Kier alpha value is -2.08. The van der Waals surface area contributed by atoms with Crippen LogP contribution in [0.5, 0.6) is 0 Å². The van der Waals surface area contributed by atoms with Gasteiger partial charge in [-0.2, -0.15) is 0 Å². The SMILES string of the molecule is Cc1ccc(/C=C\C(=O)NCCC(=O)N2C[C@H](C)O[C@@H](C)C2)o1. The van der Waals surface area contributed by atoms with Gasteiger partial charge >= 0.3 is 0 Å². The summed E-state index contributed by atoms with van der Waals surface area (Å²) in [5.74, 6) is 1.23. The first-order chi connectivity index (χ1) is 10.9. The van der Waals surface area contributed by atoms with Crippen LogP contribution >= 0.6 is 0 Å². The number of carbonyl (C=O) groups excluding carboxylic acids is 2. The summed E-state index contributed by atoms with van der Waals surface area (Å²) in [4.78, 5) is 25.6. The highest BCUT2D eigenvalue weighted by Crippen LogP contribution is 2.11. The van der Waals surface area contributed by atoms with Crippen molar-refractivity contribution in [2.24, 2.45) is 0 Å². The van der Waals surface area contributed by atoms with Crippen LogP contribution in [0, 0.1) is 6.92 Å². The third-order valence-corrected chi connectivity index (χ3v) is 3.57. The molecule has 0 aliphatic carbocycles. The second kappa shape index (κ2) is 7.97. The number of aryl methyl sites for hydroxylation is 1. The van der Waals surface area contributed by atoms with Crippen LogP contribution in [-0.4, -0.2) is 48.6 Å². The Morgan fingerprint density at radius 1 is 1.30 bits per heavy atom. The molecule has 1 aliphatic heterocycles. The van der Waals surface area contributed by atoms with Gasteiger partial charge in [0.05, 0.1) is 12.2 Å². The van der Waals surface area contributed by atoms with E-state index in [0.717, 1.165) is 5.76 Å². The molecule has 0 unspecified atom stereocenters. The lowest BCUT2D eigenvalue weighted by Crippen LogP contribution is -2.48. The van der Waals surface area contributed by atoms with Crippen molar-refractivity contribution in [2.75, 3.05) is 19.6 Å². The molecule has 1 fully saturated rings.